The Morgan fingerprint density at radius 1 is 0.920 bits per heavy atom. The van der Waals surface area contributed by atoms with Crippen LogP contribution in [0.1, 0.15) is 69.0 Å². The van der Waals surface area contributed by atoms with Crippen molar-refractivity contribution in [1.82, 2.24) is 15.3 Å². The van der Waals surface area contributed by atoms with E-state index in [0.717, 1.165) is 19.5 Å². The van der Waals surface area contributed by atoms with Gasteiger partial charge < -0.3 is 16.0 Å². The van der Waals surface area contributed by atoms with Crippen molar-refractivity contribution in [3.05, 3.63) is 11.3 Å². The number of rotatable bonds is 1. The number of nitrogens with one attached hydrogen (secondary N) is 1. The van der Waals surface area contributed by atoms with Gasteiger partial charge in [-0.3, -0.25) is 0 Å². The fraction of sp³-hybridized carbons (Fsp3) is 0.800. The SMILES string of the molecule is Nc1nc(N2CCC3(CCNCC3)C2)c2c(n1)C1(CCCC1)CCC2. The molecule has 3 fully saturated rings. The largest absolute Gasteiger partial charge is 0.368 e. The zero-order valence-electron chi connectivity index (χ0n) is 15.3. The number of hydrogen-bond acceptors (Lipinski definition) is 5. The molecule has 2 aliphatic heterocycles. The number of nitrogen functional groups attached to an aromatic ring is 1. The van der Waals surface area contributed by atoms with Gasteiger partial charge in [-0.1, -0.05) is 12.8 Å². The lowest BCUT2D eigenvalue weighted by atomic mass is 9.71. The van der Waals surface area contributed by atoms with E-state index in [-0.39, 0.29) is 0 Å². The standard InChI is InChI=1S/C20H31N5/c21-18-23-16-15(4-3-7-20(16)5-1-2-6-20)17(24-18)25-13-10-19(14-25)8-11-22-12-9-19/h22H,1-14H2,(H2,21,23,24). The molecule has 136 valence electrons. The molecule has 0 bridgehead atoms. The van der Waals surface area contributed by atoms with E-state index < -0.39 is 0 Å². The van der Waals surface area contributed by atoms with Crippen LogP contribution < -0.4 is 16.0 Å². The lowest BCUT2D eigenvalue weighted by molar-refractivity contribution is 0.232. The predicted molar refractivity (Wildman–Crippen MR) is 101 cm³/mol. The first-order valence-corrected chi connectivity index (χ1v) is 10.3. The first-order chi connectivity index (χ1) is 12.2. The van der Waals surface area contributed by atoms with Gasteiger partial charge in [0.1, 0.15) is 5.82 Å². The van der Waals surface area contributed by atoms with Gasteiger partial charge >= 0.3 is 0 Å². The lowest BCUT2D eigenvalue weighted by Crippen LogP contribution is -2.39. The van der Waals surface area contributed by atoms with Gasteiger partial charge in [-0.15, -0.1) is 0 Å². The van der Waals surface area contributed by atoms with E-state index in [1.165, 1.54) is 88.0 Å². The average Bonchev–Trinajstić information content (AvgIpc) is 3.25. The molecule has 5 heteroatoms. The minimum absolute atomic E-state index is 0.311. The molecule has 0 atom stereocenters. The number of hydrogen-bond donors (Lipinski definition) is 2. The second-order valence-electron chi connectivity index (χ2n) is 9.00. The molecule has 3 heterocycles. The van der Waals surface area contributed by atoms with E-state index in [4.69, 9.17) is 15.7 Å². The predicted octanol–water partition coefficient (Wildman–Crippen LogP) is 2.79. The zero-order chi connectivity index (χ0) is 16.9. The zero-order valence-corrected chi connectivity index (χ0v) is 15.3. The minimum atomic E-state index is 0.311. The van der Waals surface area contributed by atoms with Gasteiger partial charge in [-0.05, 0) is 69.9 Å². The van der Waals surface area contributed by atoms with E-state index in [0.29, 0.717) is 16.8 Å². The second kappa shape index (κ2) is 5.83. The third-order valence-corrected chi connectivity index (χ3v) is 7.55. The Hall–Kier alpha value is -1.36. The lowest BCUT2D eigenvalue weighted by Gasteiger charge is -2.37. The molecular weight excluding hydrogens is 310 g/mol. The molecule has 2 saturated heterocycles. The highest BCUT2D eigenvalue weighted by Gasteiger charge is 2.44. The van der Waals surface area contributed by atoms with Crippen molar-refractivity contribution in [3.8, 4) is 0 Å². The van der Waals surface area contributed by atoms with Crippen molar-refractivity contribution in [2.75, 3.05) is 36.8 Å². The summed E-state index contributed by atoms with van der Waals surface area (Å²) >= 11 is 0. The summed E-state index contributed by atoms with van der Waals surface area (Å²) in [6.45, 7) is 4.63. The third-order valence-electron chi connectivity index (χ3n) is 7.55. The van der Waals surface area contributed by atoms with Crippen LogP contribution in [-0.4, -0.2) is 36.1 Å². The smallest absolute Gasteiger partial charge is 0.222 e. The topological polar surface area (TPSA) is 67.1 Å². The monoisotopic (exact) mass is 341 g/mol. The summed E-state index contributed by atoms with van der Waals surface area (Å²) in [4.78, 5) is 12.1. The van der Waals surface area contributed by atoms with E-state index in [9.17, 15) is 0 Å². The average molecular weight is 342 g/mol. The highest BCUT2D eigenvalue weighted by atomic mass is 15.2. The van der Waals surface area contributed by atoms with Gasteiger partial charge in [0.2, 0.25) is 5.95 Å². The van der Waals surface area contributed by atoms with Crippen molar-refractivity contribution in [2.24, 2.45) is 5.41 Å². The maximum atomic E-state index is 6.21. The minimum Gasteiger partial charge on any atom is -0.368 e. The molecule has 2 spiro atoms. The molecule has 5 nitrogen and oxygen atoms in total. The van der Waals surface area contributed by atoms with Crippen LogP contribution in [0.2, 0.25) is 0 Å². The maximum absolute atomic E-state index is 6.21. The second-order valence-corrected chi connectivity index (χ2v) is 9.00. The van der Waals surface area contributed by atoms with Crippen LogP contribution in [-0.2, 0) is 11.8 Å². The van der Waals surface area contributed by atoms with Gasteiger partial charge in [0, 0.05) is 24.1 Å². The Morgan fingerprint density at radius 3 is 2.48 bits per heavy atom. The van der Waals surface area contributed by atoms with Crippen LogP contribution in [0.15, 0.2) is 0 Å². The molecule has 0 aromatic carbocycles. The van der Waals surface area contributed by atoms with Gasteiger partial charge in [0.25, 0.3) is 0 Å². The van der Waals surface area contributed by atoms with E-state index in [2.05, 4.69) is 10.2 Å². The Morgan fingerprint density at radius 2 is 1.68 bits per heavy atom. The molecule has 3 N–H and O–H groups in total. The molecule has 0 unspecified atom stereocenters. The molecule has 1 aromatic rings. The molecule has 0 amide bonds. The first-order valence-electron chi connectivity index (χ1n) is 10.3. The summed E-state index contributed by atoms with van der Waals surface area (Å²) in [5.74, 6) is 1.68. The fourth-order valence-electron chi connectivity index (χ4n) is 6.16. The Labute approximate surface area is 150 Å². The number of nitrogens with zero attached hydrogens (tertiary/aromatic N) is 3. The van der Waals surface area contributed by atoms with Crippen molar-refractivity contribution in [2.45, 2.75) is 69.6 Å². The summed E-state index contributed by atoms with van der Waals surface area (Å²) in [6, 6.07) is 0. The quantitative estimate of drug-likeness (QED) is 0.822. The molecule has 0 radical (unpaired) electrons. The normalized spacial score (nSPS) is 27.1. The van der Waals surface area contributed by atoms with Crippen molar-refractivity contribution < 1.29 is 0 Å². The molecule has 1 saturated carbocycles. The molecule has 4 aliphatic rings. The summed E-state index contributed by atoms with van der Waals surface area (Å²) < 4.78 is 0. The van der Waals surface area contributed by atoms with Crippen LogP contribution in [0, 0.1) is 5.41 Å². The summed E-state index contributed by atoms with van der Waals surface area (Å²) in [5.41, 5.74) is 9.78. The third kappa shape index (κ3) is 2.54. The van der Waals surface area contributed by atoms with Gasteiger partial charge in [-0.25, -0.2) is 4.98 Å². The van der Waals surface area contributed by atoms with E-state index in [1.54, 1.807) is 0 Å². The van der Waals surface area contributed by atoms with Crippen molar-refractivity contribution in [3.63, 3.8) is 0 Å². The molecule has 2 aliphatic carbocycles. The number of anilines is 2. The molecule has 1 aromatic heterocycles. The molecule has 25 heavy (non-hydrogen) atoms. The molecule has 5 rings (SSSR count). The molecular formula is C20H31N5. The Balaban J connectivity index is 1.51. The fourth-order valence-corrected chi connectivity index (χ4v) is 6.16. The Kier molecular flexibility index (Phi) is 3.70. The van der Waals surface area contributed by atoms with Gasteiger partial charge in [0.05, 0.1) is 5.69 Å². The van der Waals surface area contributed by atoms with Crippen LogP contribution in [0.4, 0.5) is 11.8 Å². The van der Waals surface area contributed by atoms with Gasteiger partial charge in [-0.2, -0.15) is 4.98 Å². The highest BCUT2D eigenvalue weighted by molar-refractivity contribution is 5.56. The number of nitrogens with two attached hydrogens (primary N) is 1. The van der Waals surface area contributed by atoms with E-state index >= 15 is 0 Å². The van der Waals surface area contributed by atoms with Crippen LogP contribution >= 0.6 is 0 Å². The highest BCUT2D eigenvalue weighted by Crippen LogP contribution is 2.50. The van der Waals surface area contributed by atoms with Gasteiger partial charge in [0.15, 0.2) is 0 Å². The number of aromatic nitrogens is 2. The number of fused-ring (bicyclic) bond motifs is 2. The number of piperidine rings is 1. The Bertz CT molecular complexity index is 658. The van der Waals surface area contributed by atoms with Crippen molar-refractivity contribution >= 4 is 11.8 Å². The van der Waals surface area contributed by atoms with Crippen LogP contribution in [0.25, 0.3) is 0 Å². The summed E-state index contributed by atoms with van der Waals surface area (Å²) in [6.07, 6.45) is 12.9. The van der Waals surface area contributed by atoms with E-state index in [1.807, 2.05) is 0 Å². The first kappa shape index (κ1) is 15.9. The summed E-state index contributed by atoms with van der Waals surface area (Å²) in [5, 5.41) is 3.52. The maximum Gasteiger partial charge on any atom is 0.222 e. The van der Waals surface area contributed by atoms with Crippen LogP contribution in [0.3, 0.4) is 0 Å². The summed E-state index contributed by atoms with van der Waals surface area (Å²) in [7, 11) is 0. The van der Waals surface area contributed by atoms with Crippen LogP contribution in [0.5, 0.6) is 0 Å². The van der Waals surface area contributed by atoms with Crippen molar-refractivity contribution in [1.29, 1.82) is 0 Å².